The van der Waals surface area contributed by atoms with Crippen LogP contribution in [-0.2, 0) is 24.3 Å². The van der Waals surface area contributed by atoms with Gasteiger partial charge in [0.15, 0.2) is 0 Å². The van der Waals surface area contributed by atoms with Gasteiger partial charge in [-0.15, -0.1) is 0 Å². The van der Waals surface area contributed by atoms with E-state index in [1.54, 1.807) is 30.9 Å². The van der Waals surface area contributed by atoms with Gasteiger partial charge >= 0.3 is 5.97 Å². The van der Waals surface area contributed by atoms with Crippen molar-refractivity contribution in [1.82, 2.24) is 4.31 Å². The number of sulfonamides is 1. The molecule has 1 aromatic rings. The zero-order valence-electron chi connectivity index (χ0n) is 17.2. The maximum absolute atomic E-state index is 12.6. The SMILES string of the molecule is CCN(CC)S(=O)(=O)c1ccc(N2C[C@H](C(=O)OC3CCCCC3)CC2=O)cc1. The minimum Gasteiger partial charge on any atom is -0.462 e. The van der Waals surface area contributed by atoms with E-state index in [9.17, 15) is 18.0 Å². The van der Waals surface area contributed by atoms with Crippen molar-refractivity contribution >= 4 is 27.6 Å². The number of nitrogens with zero attached hydrogens (tertiary/aromatic N) is 2. The molecule has 1 saturated carbocycles. The number of anilines is 1. The van der Waals surface area contributed by atoms with Crippen LogP contribution in [0.1, 0.15) is 52.4 Å². The van der Waals surface area contributed by atoms with Crippen LogP contribution in [0.15, 0.2) is 29.2 Å². The van der Waals surface area contributed by atoms with Gasteiger partial charge in [-0.05, 0) is 49.9 Å². The normalized spacial score (nSPS) is 21.0. The molecule has 7 nitrogen and oxygen atoms in total. The van der Waals surface area contributed by atoms with Crippen LogP contribution in [0.2, 0.25) is 0 Å². The van der Waals surface area contributed by atoms with Gasteiger partial charge in [0.1, 0.15) is 6.10 Å². The molecule has 0 spiro atoms. The van der Waals surface area contributed by atoms with Crippen molar-refractivity contribution < 1.29 is 22.7 Å². The standard InChI is InChI=1S/C21H30N2O5S/c1-3-22(4-2)29(26,27)19-12-10-17(11-13-19)23-15-16(14-20(23)24)21(25)28-18-8-6-5-7-9-18/h10-13,16,18H,3-9,14-15H2,1-2H3/t16-/m1/s1. The Labute approximate surface area is 173 Å². The first-order chi connectivity index (χ1) is 13.9. The fraction of sp³-hybridized carbons (Fsp3) is 0.619. The summed E-state index contributed by atoms with van der Waals surface area (Å²) >= 11 is 0. The van der Waals surface area contributed by atoms with E-state index in [0.29, 0.717) is 18.8 Å². The summed E-state index contributed by atoms with van der Waals surface area (Å²) in [6.07, 6.45) is 5.25. The fourth-order valence-electron chi connectivity index (χ4n) is 4.07. The molecule has 160 valence electrons. The smallest absolute Gasteiger partial charge is 0.311 e. The van der Waals surface area contributed by atoms with Crippen molar-refractivity contribution in [3.05, 3.63) is 24.3 Å². The third kappa shape index (κ3) is 4.80. The van der Waals surface area contributed by atoms with Gasteiger partial charge in [-0.1, -0.05) is 20.3 Å². The average molecular weight is 423 g/mol. The molecule has 29 heavy (non-hydrogen) atoms. The lowest BCUT2D eigenvalue weighted by atomic mass is 9.97. The Kier molecular flexibility index (Phi) is 6.95. The van der Waals surface area contributed by atoms with Crippen LogP contribution in [-0.4, -0.2) is 50.3 Å². The summed E-state index contributed by atoms with van der Waals surface area (Å²) in [6, 6.07) is 6.29. The number of ether oxygens (including phenoxy) is 1. The molecule has 1 atom stereocenters. The lowest BCUT2D eigenvalue weighted by Gasteiger charge is -2.23. The Morgan fingerprint density at radius 1 is 1.10 bits per heavy atom. The van der Waals surface area contributed by atoms with E-state index >= 15 is 0 Å². The van der Waals surface area contributed by atoms with Gasteiger partial charge < -0.3 is 9.64 Å². The van der Waals surface area contributed by atoms with E-state index in [0.717, 1.165) is 25.7 Å². The largest absolute Gasteiger partial charge is 0.462 e. The molecule has 1 heterocycles. The van der Waals surface area contributed by atoms with Crippen molar-refractivity contribution in [2.45, 2.75) is 63.4 Å². The third-order valence-corrected chi connectivity index (χ3v) is 7.85. The topological polar surface area (TPSA) is 84.0 Å². The second-order valence-electron chi connectivity index (χ2n) is 7.69. The minimum absolute atomic E-state index is 0.0232. The average Bonchev–Trinajstić information content (AvgIpc) is 3.11. The van der Waals surface area contributed by atoms with Crippen LogP contribution < -0.4 is 4.90 Å². The van der Waals surface area contributed by atoms with Gasteiger partial charge in [0, 0.05) is 31.7 Å². The monoisotopic (exact) mass is 422 g/mol. The number of rotatable bonds is 7. The highest BCUT2D eigenvalue weighted by Gasteiger charge is 2.37. The van der Waals surface area contributed by atoms with E-state index in [-0.39, 0.29) is 35.8 Å². The first-order valence-corrected chi connectivity index (χ1v) is 11.9. The first kappa shape index (κ1) is 21.8. The molecule has 0 unspecified atom stereocenters. The van der Waals surface area contributed by atoms with Gasteiger partial charge in [-0.25, -0.2) is 8.42 Å². The first-order valence-electron chi connectivity index (χ1n) is 10.5. The van der Waals surface area contributed by atoms with E-state index in [4.69, 9.17) is 4.74 Å². The number of benzene rings is 1. The fourth-order valence-corrected chi connectivity index (χ4v) is 5.53. The van der Waals surface area contributed by atoms with Crippen molar-refractivity contribution in [3.8, 4) is 0 Å². The van der Waals surface area contributed by atoms with Crippen molar-refractivity contribution in [3.63, 3.8) is 0 Å². The van der Waals surface area contributed by atoms with Crippen molar-refractivity contribution in [2.75, 3.05) is 24.5 Å². The zero-order valence-corrected chi connectivity index (χ0v) is 18.0. The quantitative estimate of drug-likeness (QED) is 0.631. The molecule has 1 aliphatic heterocycles. The van der Waals surface area contributed by atoms with Crippen LogP contribution >= 0.6 is 0 Å². The highest BCUT2D eigenvalue weighted by atomic mass is 32.2. The van der Waals surface area contributed by atoms with Gasteiger partial charge in [0.2, 0.25) is 15.9 Å². The third-order valence-electron chi connectivity index (χ3n) is 5.78. The summed E-state index contributed by atoms with van der Waals surface area (Å²) in [5, 5.41) is 0. The Balaban J connectivity index is 1.66. The van der Waals surface area contributed by atoms with E-state index < -0.39 is 15.9 Å². The highest BCUT2D eigenvalue weighted by Crippen LogP contribution is 2.29. The molecule has 2 fully saturated rings. The number of amides is 1. The zero-order chi connectivity index (χ0) is 21.0. The Morgan fingerprint density at radius 3 is 2.31 bits per heavy atom. The number of hydrogen-bond acceptors (Lipinski definition) is 5. The van der Waals surface area contributed by atoms with E-state index in [1.165, 1.54) is 22.9 Å². The maximum atomic E-state index is 12.6. The molecular weight excluding hydrogens is 392 g/mol. The molecular formula is C21H30N2O5S. The minimum atomic E-state index is -3.54. The lowest BCUT2D eigenvalue weighted by Crippen LogP contribution is -2.31. The van der Waals surface area contributed by atoms with Crippen LogP contribution in [0.3, 0.4) is 0 Å². The number of hydrogen-bond donors (Lipinski definition) is 0. The summed E-state index contributed by atoms with van der Waals surface area (Å²) in [6.45, 7) is 4.66. The maximum Gasteiger partial charge on any atom is 0.311 e. The highest BCUT2D eigenvalue weighted by molar-refractivity contribution is 7.89. The summed E-state index contributed by atoms with van der Waals surface area (Å²) in [7, 11) is -3.54. The predicted molar refractivity (Wildman–Crippen MR) is 110 cm³/mol. The molecule has 1 aromatic carbocycles. The summed E-state index contributed by atoms with van der Waals surface area (Å²) < 4.78 is 32.2. The summed E-state index contributed by atoms with van der Waals surface area (Å²) in [5.74, 6) is -0.910. The molecule has 0 radical (unpaired) electrons. The molecule has 0 bridgehead atoms. The van der Waals surface area contributed by atoms with Crippen LogP contribution in [0.4, 0.5) is 5.69 Å². The summed E-state index contributed by atoms with van der Waals surface area (Å²) in [5.41, 5.74) is 0.599. The molecule has 8 heteroatoms. The Morgan fingerprint density at radius 2 is 1.72 bits per heavy atom. The van der Waals surface area contributed by atoms with Crippen LogP contribution in [0.5, 0.6) is 0 Å². The van der Waals surface area contributed by atoms with Gasteiger partial charge in [-0.2, -0.15) is 4.31 Å². The van der Waals surface area contributed by atoms with E-state index in [1.807, 2.05) is 0 Å². The van der Waals surface area contributed by atoms with Crippen LogP contribution in [0.25, 0.3) is 0 Å². The van der Waals surface area contributed by atoms with Crippen molar-refractivity contribution in [1.29, 1.82) is 0 Å². The molecule has 1 aliphatic carbocycles. The molecule has 2 aliphatic rings. The lowest BCUT2D eigenvalue weighted by molar-refractivity contribution is -0.155. The Hall–Kier alpha value is -1.93. The molecule has 0 N–H and O–H groups in total. The number of esters is 1. The van der Waals surface area contributed by atoms with E-state index in [2.05, 4.69) is 0 Å². The predicted octanol–water partition coefficient (Wildman–Crippen LogP) is 2.95. The summed E-state index contributed by atoms with van der Waals surface area (Å²) in [4.78, 5) is 26.7. The molecule has 1 saturated heterocycles. The second-order valence-corrected chi connectivity index (χ2v) is 9.62. The number of carbonyl (C=O) groups excluding carboxylic acids is 2. The van der Waals surface area contributed by atoms with Gasteiger partial charge in [0.05, 0.1) is 10.8 Å². The van der Waals surface area contributed by atoms with Crippen molar-refractivity contribution in [2.24, 2.45) is 5.92 Å². The number of carbonyl (C=O) groups is 2. The molecule has 0 aromatic heterocycles. The Bertz CT molecular complexity index is 827. The van der Waals surface area contributed by atoms with Gasteiger partial charge in [0.25, 0.3) is 0 Å². The molecule has 3 rings (SSSR count). The van der Waals surface area contributed by atoms with Crippen LogP contribution in [0, 0.1) is 5.92 Å². The second kappa shape index (κ2) is 9.26. The molecule has 1 amide bonds. The van der Waals surface area contributed by atoms with Gasteiger partial charge in [-0.3, -0.25) is 9.59 Å².